The molecule has 0 unspecified atom stereocenters. The number of aromatic nitrogens is 7. The van der Waals surface area contributed by atoms with Gasteiger partial charge in [0.05, 0.1) is 11.9 Å². The van der Waals surface area contributed by atoms with Crippen LogP contribution in [-0.2, 0) is 7.05 Å². The Labute approximate surface area is 96.3 Å². The van der Waals surface area contributed by atoms with E-state index in [0.717, 1.165) is 11.5 Å². The lowest BCUT2D eigenvalue weighted by atomic mass is 10.6. The van der Waals surface area contributed by atoms with Crippen molar-refractivity contribution in [1.82, 2.24) is 35.6 Å². The van der Waals surface area contributed by atoms with Gasteiger partial charge in [-0.1, -0.05) is 21.3 Å². The predicted octanol–water partition coefficient (Wildman–Crippen LogP) is 1.29. The number of H-pyrrole nitrogens is 1. The van der Waals surface area contributed by atoms with E-state index in [1.165, 1.54) is 0 Å². The van der Waals surface area contributed by atoms with Gasteiger partial charge in [0, 0.05) is 7.05 Å². The monoisotopic (exact) mass is 227 g/mol. The second kappa shape index (κ2) is 9.75. The van der Waals surface area contributed by atoms with Gasteiger partial charge in [-0.05, 0) is 24.3 Å². The maximum Gasteiger partial charge on any atom is 0.147 e. The molecule has 0 fully saturated rings. The minimum Gasteiger partial charge on any atom is -0.233 e. The quantitative estimate of drug-likeness (QED) is 0.733. The molecule has 2 heterocycles. The van der Waals surface area contributed by atoms with E-state index in [-0.39, 0.29) is 7.43 Å². The van der Waals surface area contributed by atoms with Crippen LogP contribution >= 0.6 is 0 Å². The van der Waals surface area contributed by atoms with Crippen LogP contribution in [0.1, 0.15) is 32.8 Å². The molecule has 2 aromatic heterocycles. The Morgan fingerprint density at radius 1 is 1.25 bits per heavy atom. The summed E-state index contributed by atoms with van der Waals surface area (Å²) < 4.78 is 1.61. The summed E-state index contributed by atoms with van der Waals surface area (Å²) in [7, 11) is 1.80. The Hall–Kier alpha value is -1.79. The first-order valence-electron chi connectivity index (χ1n) is 4.71. The molecule has 0 aliphatic carbocycles. The Morgan fingerprint density at radius 2 is 1.88 bits per heavy atom. The van der Waals surface area contributed by atoms with Crippen molar-refractivity contribution in [1.29, 1.82) is 0 Å². The largest absolute Gasteiger partial charge is 0.233 e. The van der Waals surface area contributed by atoms with E-state index in [1.54, 1.807) is 17.9 Å². The molecule has 0 aliphatic rings. The summed E-state index contributed by atoms with van der Waals surface area (Å²) in [5.74, 6) is 0.833. The third-order valence-corrected chi connectivity index (χ3v) is 1.37. The normalized spacial score (nSPS) is 7.81. The highest BCUT2D eigenvalue weighted by atomic mass is 15.5. The molecule has 0 spiro atoms. The van der Waals surface area contributed by atoms with Gasteiger partial charge in [-0.2, -0.15) is 15.4 Å². The van der Waals surface area contributed by atoms with Gasteiger partial charge in [0.15, 0.2) is 0 Å². The summed E-state index contributed by atoms with van der Waals surface area (Å²) in [5.41, 5.74) is 0.926. The summed E-state index contributed by atoms with van der Waals surface area (Å²) in [6.07, 6.45) is 1.67. The van der Waals surface area contributed by atoms with Crippen LogP contribution < -0.4 is 0 Å². The van der Waals surface area contributed by atoms with Crippen LogP contribution in [0.25, 0.3) is 0 Å². The molecule has 0 amide bonds. The Balaban J connectivity index is 0. The molecule has 0 saturated carbocycles. The van der Waals surface area contributed by atoms with Crippen molar-refractivity contribution in [3.63, 3.8) is 0 Å². The minimum absolute atomic E-state index is 0. The maximum absolute atomic E-state index is 3.68. The lowest BCUT2D eigenvalue weighted by Crippen LogP contribution is -1.92. The Morgan fingerprint density at radius 3 is 2.00 bits per heavy atom. The number of nitrogens with zero attached hydrogens (tertiary/aromatic N) is 6. The number of tetrazole rings is 1. The van der Waals surface area contributed by atoms with Gasteiger partial charge < -0.3 is 0 Å². The SMILES string of the molecule is C.CC.Cc1cn[nH]n1.Cc1nnnn1C. The zero-order valence-corrected chi connectivity index (χ0v) is 9.76. The van der Waals surface area contributed by atoms with Gasteiger partial charge >= 0.3 is 0 Å². The number of hydrogen-bond donors (Lipinski definition) is 1. The molecular weight excluding hydrogens is 206 g/mol. The Kier molecular flexibility index (Phi) is 10.1. The fourth-order valence-corrected chi connectivity index (χ4v) is 0.533. The summed E-state index contributed by atoms with van der Waals surface area (Å²) in [5, 5.41) is 20.3. The first-order chi connectivity index (χ1) is 7.20. The highest BCUT2D eigenvalue weighted by Crippen LogP contribution is 1.78. The molecule has 92 valence electrons. The van der Waals surface area contributed by atoms with Gasteiger partial charge in [-0.3, -0.25) is 0 Å². The number of nitrogens with one attached hydrogen (secondary N) is 1. The molecule has 0 aliphatic heterocycles. The van der Waals surface area contributed by atoms with E-state index in [9.17, 15) is 0 Å². The van der Waals surface area contributed by atoms with Crippen molar-refractivity contribution in [2.75, 3.05) is 0 Å². The minimum atomic E-state index is 0. The van der Waals surface area contributed by atoms with Crippen LogP contribution in [0.4, 0.5) is 0 Å². The molecule has 7 heteroatoms. The van der Waals surface area contributed by atoms with Crippen molar-refractivity contribution in [3.8, 4) is 0 Å². The highest BCUT2D eigenvalue weighted by Gasteiger charge is 1.87. The molecular formula is C9H21N7. The molecule has 2 rings (SSSR count). The van der Waals surface area contributed by atoms with Crippen LogP contribution in [0.5, 0.6) is 0 Å². The van der Waals surface area contributed by atoms with E-state index in [0.29, 0.717) is 0 Å². The molecule has 0 atom stereocenters. The second-order valence-electron chi connectivity index (χ2n) is 2.46. The van der Waals surface area contributed by atoms with E-state index in [1.807, 2.05) is 27.7 Å². The maximum atomic E-state index is 3.68. The summed E-state index contributed by atoms with van der Waals surface area (Å²) in [6.45, 7) is 7.73. The zero-order chi connectivity index (χ0) is 11.7. The molecule has 0 aromatic carbocycles. The number of rotatable bonds is 0. The summed E-state index contributed by atoms with van der Waals surface area (Å²) in [4.78, 5) is 0. The third kappa shape index (κ3) is 6.63. The predicted molar refractivity (Wildman–Crippen MR) is 62.7 cm³/mol. The molecule has 2 aromatic rings. The van der Waals surface area contributed by atoms with Crippen molar-refractivity contribution >= 4 is 0 Å². The van der Waals surface area contributed by atoms with Gasteiger partial charge in [0.1, 0.15) is 5.82 Å². The highest BCUT2D eigenvalue weighted by molar-refractivity contribution is 4.82. The molecule has 0 bridgehead atoms. The smallest absolute Gasteiger partial charge is 0.147 e. The fraction of sp³-hybridized carbons (Fsp3) is 0.667. The van der Waals surface area contributed by atoms with Crippen molar-refractivity contribution in [2.45, 2.75) is 35.1 Å². The average molecular weight is 227 g/mol. The first kappa shape index (κ1) is 16.6. The van der Waals surface area contributed by atoms with E-state index in [4.69, 9.17) is 0 Å². The van der Waals surface area contributed by atoms with Gasteiger partial charge in [0.25, 0.3) is 0 Å². The van der Waals surface area contributed by atoms with Crippen LogP contribution in [0.2, 0.25) is 0 Å². The van der Waals surface area contributed by atoms with E-state index < -0.39 is 0 Å². The fourth-order valence-electron chi connectivity index (χ4n) is 0.533. The lowest BCUT2D eigenvalue weighted by molar-refractivity contribution is 0.695. The van der Waals surface area contributed by atoms with Crippen molar-refractivity contribution in [2.24, 2.45) is 7.05 Å². The van der Waals surface area contributed by atoms with Gasteiger partial charge in [-0.15, -0.1) is 5.10 Å². The molecule has 1 N–H and O–H groups in total. The van der Waals surface area contributed by atoms with Crippen molar-refractivity contribution < 1.29 is 0 Å². The lowest BCUT2D eigenvalue weighted by Gasteiger charge is -1.81. The molecule has 16 heavy (non-hydrogen) atoms. The van der Waals surface area contributed by atoms with Crippen LogP contribution in [0.15, 0.2) is 6.20 Å². The summed E-state index contributed by atoms with van der Waals surface area (Å²) in [6, 6.07) is 0. The summed E-state index contributed by atoms with van der Waals surface area (Å²) >= 11 is 0. The van der Waals surface area contributed by atoms with Crippen LogP contribution in [0.3, 0.4) is 0 Å². The van der Waals surface area contributed by atoms with Crippen LogP contribution in [-0.4, -0.2) is 35.6 Å². The molecule has 7 nitrogen and oxygen atoms in total. The second-order valence-corrected chi connectivity index (χ2v) is 2.46. The van der Waals surface area contributed by atoms with Crippen LogP contribution in [0, 0.1) is 13.8 Å². The number of hydrogen-bond acceptors (Lipinski definition) is 5. The Bertz CT molecular complexity index is 322. The zero-order valence-electron chi connectivity index (χ0n) is 9.76. The van der Waals surface area contributed by atoms with E-state index in [2.05, 4.69) is 30.9 Å². The standard InChI is InChI=1S/C3H6N4.C3H5N3.C2H6.CH4/c1-3-4-5-6-7(3)2;1-3-2-4-6-5-3;1-2;/h1-2H3;2H,1H3,(H,4,5,6);1-2H3;1H4. The average Bonchev–Trinajstić information content (AvgIpc) is 2.84. The van der Waals surface area contributed by atoms with Gasteiger partial charge in [-0.25, -0.2) is 4.68 Å². The van der Waals surface area contributed by atoms with Crippen molar-refractivity contribution in [3.05, 3.63) is 17.7 Å². The third-order valence-electron chi connectivity index (χ3n) is 1.37. The topological polar surface area (TPSA) is 85.2 Å². The van der Waals surface area contributed by atoms with E-state index >= 15 is 0 Å². The number of aromatic amines is 1. The number of aryl methyl sites for hydroxylation is 3. The molecule has 0 saturated heterocycles. The molecule has 0 radical (unpaired) electrons. The van der Waals surface area contributed by atoms with Gasteiger partial charge in [0.2, 0.25) is 0 Å². The first-order valence-corrected chi connectivity index (χ1v) is 4.71.